The topological polar surface area (TPSA) is 16.1 Å². The van der Waals surface area contributed by atoms with Crippen LogP contribution in [-0.2, 0) is 13.0 Å². The predicted octanol–water partition coefficient (Wildman–Crippen LogP) is 3.58. The third kappa shape index (κ3) is 4.22. The van der Waals surface area contributed by atoms with Gasteiger partial charge in [-0.1, -0.05) is 6.07 Å². The lowest BCUT2D eigenvalue weighted by Gasteiger charge is -2.15. The Morgan fingerprint density at radius 2 is 2.29 bits per heavy atom. The van der Waals surface area contributed by atoms with Crippen molar-refractivity contribution in [2.45, 2.75) is 13.0 Å². The molecule has 0 aromatic carbocycles. The van der Waals surface area contributed by atoms with Gasteiger partial charge in [0.05, 0.1) is 0 Å². The zero-order valence-electron chi connectivity index (χ0n) is 9.77. The lowest BCUT2D eigenvalue weighted by atomic mass is 10.2. The SMILES string of the molecule is CN(CCc1cccs1)Cc1cncc(Br)c1. The Morgan fingerprint density at radius 3 is 3.00 bits per heavy atom. The van der Waals surface area contributed by atoms with Crippen molar-refractivity contribution >= 4 is 27.3 Å². The van der Waals surface area contributed by atoms with Crippen molar-refractivity contribution in [2.24, 2.45) is 0 Å². The molecular formula is C13H15BrN2S. The van der Waals surface area contributed by atoms with Crippen LogP contribution in [0.15, 0.2) is 40.4 Å². The van der Waals surface area contributed by atoms with Gasteiger partial charge in [0, 0.05) is 34.8 Å². The quantitative estimate of drug-likeness (QED) is 0.839. The molecule has 0 radical (unpaired) electrons. The van der Waals surface area contributed by atoms with Crippen molar-refractivity contribution in [3.63, 3.8) is 0 Å². The summed E-state index contributed by atoms with van der Waals surface area (Å²) < 4.78 is 1.04. The summed E-state index contributed by atoms with van der Waals surface area (Å²) in [5.41, 5.74) is 1.24. The molecule has 0 aliphatic rings. The maximum Gasteiger partial charge on any atom is 0.0410 e. The van der Waals surface area contributed by atoms with Crippen LogP contribution in [0.5, 0.6) is 0 Å². The minimum atomic E-state index is 0.942. The van der Waals surface area contributed by atoms with Crippen LogP contribution in [-0.4, -0.2) is 23.5 Å². The molecule has 0 N–H and O–H groups in total. The summed E-state index contributed by atoms with van der Waals surface area (Å²) in [5, 5.41) is 2.13. The Balaban J connectivity index is 1.83. The maximum atomic E-state index is 4.18. The Bertz CT molecular complexity index is 456. The van der Waals surface area contributed by atoms with Crippen LogP contribution in [0.4, 0.5) is 0 Å². The van der Waals surface area contributed by atoms with E-state index in [4.69, 9.17) is 0 Å². The summed E-state index contributed by atoms with van der Waals surface area (Å²) in [5.74, 6) is 0. The molecule has 2 rings (SSSR count). The fourth-order valence-corrected chi connectivity index (χ4v) is 2.80. The van der Waals surface area contributed by atoms with Crippen molar-refractivity contribution in [1.82, 2.24) is 9.88 Å². The molecule has 0 aliphatic heterocycles. The number of likely N-dealkylation sites (N-methyl/N-ethyl adjacent to an activating group) is 1. The van der Waals surface area contributed by atoms with Gasteiger partial charge < -0.3 is 4.90 Å². The van der Waals surface area contributed by atoms with E-state index in [0.29, 0.717) is 0 Å². The molecule has 2 heterocycles. The summed E-state index contributed by atoms with van der Waals surface area (Å²) in [6.45, 7) is 2.02. The second kappa shape index (κ2) is 6.28. The molecule has 4 heteroatoms. The fourth-order valence-electron chi connectivity index (χ4n) is 1.69. The first-order chi connectivity index (χ1) is 8.24. The lowest BCUT2D eigenvalue weighted by Crippen LogP contribution is -2.20. The van der Waals surface area contributed by atoms with E-state index in [-0.39, 0.29) is 0 Å². The lowest BCUT2D eigenvalue weighted by molar-refractivity contribution is 0.331. The summed E-state index contributed by atoms with van der Waals surface area (Å²) in [6.07, 6.45) is 4.86. The molecule has 0 fully saturated rings. The van der Waals surface area contributed by atoms with E-state index in [2.05, 4.69) is 56.4 Å². The summed E-state index contributed by atoms with van der Waals surface area (Å²) >= 11 is 5.27. The first kappa shape index (κ1) is 12.7. The predicted molar refractivity (Wildman–Crippen MR) is 76.3 cm³/mol. The molecule has 90 valence electrons. The normalized spacial score (nSPS) is 11.0. The van der Waals surface area contributed by atoms with E-state index < -0.39 is 0 Å². The molecule has 0 saturated carbocycles. The zero-order chi connectivity index (χ0) is 12.1. The number of hydrogen-bond donors (Lipinski definition) is 0. The van der Waals surface area contributed by atoms with Crippen LogP contribution in [0.25, 0.3) is 0 Å². The second-order valence-electron chi connectivity index (χ2n) is 4.08. The minimum Gasteiger partial charge on any atom is -0.302 e. The van der Waals surface area contributed by atoms with Crippen molar-refractivity contribution in [2.75, 3.05) is 13.6 Å². The van der Waals surface area contributed by atoms with Crippen LogP contribution in [0, 0.1) is 0 Å². The minimum absolute atomic E-state index is 0.942. The van der Waals surface area contributed by atoms with E-state index in [9.17, 15) is 0 Å². The largest absolute Gasteiger partial charge is 0.302 e. The van der Waals surface area contributed by atoms with E-state index in [1.807, 2.05) is 23.7 Å². The fraction of sp³-hybridized carbons (Fsp3) is 0.308. The van der Waals surface area contributed by atoms with Crippen molar-refractivity contribution in [3.05, 3.63) is 50.9 Å². The molecule has 17 heavy (non-hydrogen) atoms. The van der Waals surface area contributed by atoms with Crippen LogP contribution in [0.2, 0.25) is 0 Å². The monoisotopic (exact) mass is 310 g/mol. The molecule has 2 nitrogen and oxygen atoms in total. The Labute approximate surface area is 114 Å². The molecule has 0 spiro atoms. The third-order valence-corrected chi connectivity index (χ3v) is 3.90. The molecule has 0 saturated heterocycles. The number of rotatable bonds is 5. The average molecular weight is 311 g/mol. The highest BCUT2D eigenvalue weighted by Crippen LogP contribution is 2.12. The number of hydrogen-bond acceptors (Lipinski definition) is 3. The first-order valence-corrected chi connectivity index (χ1v) is 7.21. The summed E-state index contributed by atoms with van der Waals surface area (Å²) in [7, 11) is 2.15. The van der Waals surface area contributed by atoms with Gasteiger partial charge in [-0.15, -0.1) is 11.3 Å². The average Bonchev–Trinajstić information content (AvgIpc) is 2.79. The Morgan fingerprint density at radius 1 is 1.41 bits per heavy atom. The Kier molecular flexibility index (Phi) is 4.71. The third-order valence-electron chi connectivity index (χ3n) is 2.53. The van der Waals surface area contributed by atoms with Gasteiger partial charge in [0.1, 0.15) is 0 Å². The number of aromatic nitrogens is 1. The summed E-state index contributed by atoms with van der Waals surface area (Å²) in [4.78, 5) is 7.95. The van der Waals surface area contributed by atoms with Gasteiger partial charge >= 0.3 is 0 Å². The van der Waals surface area contributed by atoms with Gasteiger partial charge in [-0.25, -0.2) is 0 Å². The van der Waals surface area contributed by atoms with Gasteiger partial charge in [0.2, 0.25) is 0 Å². The molecule has 0 atom stereocenters. The molecule has 0 aliphatic carbocycles. The Hall–Kier alpha value is -0.710. The van der Waals surface area contributed by atoms with Crippen LogP contribution >= 0.6 is 27.3 Å². The van der Waals surface area contributed by atoms with Crippen LogP contribution in [0.3, 0.4) is 0 Å². The van der Waals surface area contributed by atoms with Crippen molar-refractivity contribution < 1.29 is 0 Å². The molecule has 0 amide bonds. The van der Waals surface area contributed by atoms with E-state index in [1.165, 1.54) is 10.4 Å². The molecule has 2 aromatic heterocycles. The van der Waals surface area contributed by atoms with E-state index in [1.54, 1.807) is 0 Å². The highest BCUT2D eigenvalue weighted by atomic mass is 79.9. The highest BCUT2D eigenvalue weighted by Gasteiger charge is 2.02. The van der Waals surface area contributed by atoms with Gasteiger partial charge in [-0.3, -0.25) is 4.98 Å². The molecule has 0 bridgehead atoms. The standard InChI is InChI=1S/C13H15BrN2S/c1-16(5-4-13-3-2-6-17-13)10-11-7-12(14)9-15-8-11/h2-3,6-9H,4-5,10H2,1H3. The summed E-state index contributed by atoms with van der Waals surface area (Å²) in [6, 6.07) is 6.42. The van der Waals surface area contributed by atoms with E-state index >= 15 is 0 Å². The van der Waals surface area contributed by atoms with Crippen molar-refractivity contribution in [1.29, 1.82) is 0 Å². The maximum absolute atomic E-state index is 4.18. The number of pyridine rings is 1. The molecule has 2 aromatic rings. The van der Waals surface area contributed by atoms with Crippen molar-refractivity contribution in [3.8, 4) is 0 Å². The smallest absolute Gasteiger partial charge is 0.0410 e. The molecular weight excluding hydrogens is 296 g/mol. The van der Waals surface area contributed by atoms with Gasteiger partial charge in [-0.2, -0.15) is 0 Å². The van der Waals surface area contributed by atoms with Gasteiger partial charge in [0.15, 0.2) is 0 Å². The highest BCUT2D eigenvalue weighted by molar-refractivity contribution is 9.10. The van der Waals surface area contributed by atoms with Crippen LogP contribution in [0.1, 0.15) is 10.4 Å². The van der Waals surface area contributed by atoms with Gasteiger partial charge in [-0.05, 0) is 52.5 Å². The number of thiophene rings is 1. The number of halogens is 1. The molecule has 0 unspecified atom stereocenters. The van der Waals surface area contributed by atoms with Gasteiger partial charge in [0.25, 0.3) is 0 Å². The first-order valence-electron chi connectivity index (χ1n) is 5.54. The zero-order valence-corrected chi connectivity index (χ0v) is 12.2. The second-order valence-corrected chi connectivity index (χ2v) is 6.03. The number of nitrogens with zero attached hydrogens (tertiary/aromatic N) is 2. The van der Waals surface area contributed by atoms with E-state index in [0.717, 1.165) is 24.0 Å². The van der Waals surface area contributed by atoms with Crippen LogP contribution < -0.4 is 0 Å².